The summed E-state index contributed by atoms with van der Waals surface area (Å²) in [6.07, 6.45) is 1.48. The fraction of sp³-hybridized carbons (Fsp3) is 0.0400. The van der Waals surface area contributed by atoms with Gasteiger partial charge in [-0.25, -0.2) is 28.1 Å². The highest BCUT2D eigenvalue weighted by atomic mass is 79.9. The first kappa shape index (κ1) is 24.3. The third-order valence-electron chi connectivity index (χ3n) is 5.35. The van der Waals surface area contributed by atoms with E-state index in [1.54, 1.807) is 31.2 Å². The van der Waals surface area contributed by atoms with Gasteiger partial charge in [0.25, 0.3) is 15.6 Å². The van der Waals surface area contributed by atoms with Crippen molar-refractivity contribution in [2.24, 2.45) is 0 Å². The Hall–Kier alpha value is -3.41. The molecule has 0 bridgehead atoms. The van der Waals surface area contributed by atoms with Crippen LogP contribution in [0.4, 0.5) is 5.95 Å². The number of hydrogen-bond acceptors (Lipinski definition) is 6. The van der Waals surface area contributed by atoms with E-state index < -0.39 is 10.0 Å². The van der Waals surface area contributed by atoms with Crippen LogP contribution < -0.4 is 10.3 Å². The predicted octanol–water partition coefficient (Wildman–Crippen LogP) is 5.48. The van der Waals surface area contributed by atoms with Crippen molar-refractivity contribution < 1.29 is 8.42 Å². The van der Waals surface area contributed by atoms with Crippen LogP contribution in [0.5, 0.6) is 0 Å². The van der Waals surface area contributed by atoms with Gasteiger partial charge < -0.3 is 0 Å². The monoisotopic (exact) mass is 625 g/mol. The van der Waals surface area contributed by atoms with E-state index in [-0.39, 0.29) is 16.4 Å². The molecule has 2 aromatic heterocycles. The molecular weight excluding hydrogens is 610 g/mol. The molecular formula is C25H17Br2N5O3S. The summed E-state index contributed by atoms with van der Waals surface area (Å²) >= 11 is 6.94. The fourth-order valence-corrected chi connectivity index (χ4v) is 5.95. The minimum absolute atomic E-state index is 0.00454. The number of halogens is 2. The summed E-state index contributed by atoms with van der Waals surface area (Å²) in [6, 6.07) is 20.5. The van der Waals surface area contributed by atoms with Gasteiger partial charge in [-0.1, -0.05) is 46.3 Å². The molecule has 0 atom stereocenters. The highest BCUT2D eigenvalue weighted by Crippen LogP contribution is 2.29. The van der Waals surface area contributed by atoms with Crippen LogP contribution in [0.3, 0.4) is 0 Å². The average Bonchev–Trinajstić information content (AvgIpc) is 2.85. The zero-order valence-corrected chi connectivity index (χ0v) is 22.7. The Kier molecular flexibility index (Phi) is 6.45. The number of anilines is 1. The summed E-state index contributed by atoms with van der Waals surface area (Å²) in [5.41, 5.74) is 2.08. The summed E-state index contributed by atoms with van der Waals surface area (Å²) in [5.74, 6) is 0.412. The number of nitrogens with zero attached hydrogens (tertiary/aromatic N) is 4. The SMILES string of the molecule is Cc1ccnc(NS(=O)(=O)c2ccc(-n3c(-c4ccccc4)nc4c(Br)cc(Br)cc4c3=O)cc2)n1. The van der Waals surface area contributed by atoms with Crippen molar-refractivity contribution in [1.29, 1.82) is 0 Å². The van der Waals surface area contributed by atoms with E-state index in [2.05, 4.69) is 46.5 Å². The van der Waals surface area contributed by atoms with Gasteiger partial charge in [0.05, 0.1) is 21.5 Å². The molecule has 0 aliphatic carbocycles. The van der Waals surface area contributed by atoms with Gasteiger partial charge in [-0.3, -0.25) is 9.36 Å². The van der Waals surface area contributed by atoms with Gasteiger partial charge in [0.2, 0.25) is 5.95 Å². The molecule has 5 aromatic rings. The molecule has 180 valence electrons. The summed E-state index contributed by atoms with van der Waals surface area (Å²) in [7, 11) is -3.94. The van der Waals surface area contributed by atoms with E-state index in [0.717, 1.165) is 10.0 Å². The van der Waals surface area contributed by atoms with Gasteiger partial charge in [-0.2, -0.15) is 0 Å². The largest absolute Gasteiger partial charge is 0.268 e. The second-order valence-corrected chi connectivity index (χ2v) is 11.3. The van der Waals surface area contributed by atoms with Gasteiger partial charge in [-0.05, 0) is 65.3 Å². The van der Waals surface area contributed by atoms with Crippen molar-refractivity contribution in [1.82, 2.24) is 19.5 Å². The van der Waals surface area contributed by atoms with Crippen LogP contribution in [0, 0.1) is 6.92 Å². The van der Waals surface area contributed by atoms with Crippen molar-refractivity contribution in [3.8, 4) is 17.1 Å². The highest BCUT2D eigenvalue weighted by molar-refractivity contribution is 9.11. The number of aromatic nitrogens is 4. The number of hydrogen-bond donors (Lipinski definition) is 1. The molecule has 5 rings (SSSR count). The third kappa shape index (κ3) is 4.69. The minimum Gasteiger partial charge on any atom is -0.268 e. The number of benzene rings is 3. The maximum absolute atomic E-state index is 13.7. The van der Waals surface area contributed by atoms with E-state index in [9.17, 15) is 13.2 Å². The third-order valence-corrected chi connectivity index (χ3v) is 7.76. The Morgan fingerprint density at radius 1 is 0.917 bits per heavy atom. The van der Waals surface area contributed by atoms with Crippen LogP contribution in [0.25, 0.3) is 28.0 Å². The molecule has 0 aliphatic heterocycles. The molecule has 3 aromatic carbocycles. The van der Waals surface area contributed by atoms with Gasteiger partial charge in [0, 0.05) is 26.4 Å². The Morgan fingerprint density at radius 2 is 1.64 bits per heavy atom. The molecule has 0 unspecified atom stereocenters. The van der Waals surface area contributed by atoms with E-state index in [4.69, 9.17) is 4.98 Å². The molecule has 11 heteroatoms. The average molecular weight is 627 g/mol. The first-order valence-electron chi connectivity index (χ1n) is 10.6. The highest BCUT2D eigenvalue weighted by Gasteiger charge is 2.19. The van der Waals surface area contributed by atoms with Crippen LogP contribution in [0.1, 0.15) is 5.69 Å². The van der Waals surface area contributed by atoms with Crippen molar-refractivity contribution in [3.63, 3.8) is 0 Å². The molecule has 36 heavy (non-hydrogen) atoms. The lowest BCUT2D eigenvalue weighted by molar-refractivity contribution is 0.600. The van der Waals surface area contributed by atoms with Gasteiger partial charge >= 0.3 is 0 Å². The molecule has 0 aliphatic rings. The Labute approximate surface area is 223 Å². The molecule has 0 spiro atoms. The van der Waals surface area contributed by atoms with Crippen LogP contribution in [0.15, 0.2) is 97.6 Å². The van der Waals surface area contributed by atoms with Crippen molar-refractivity contribution in [2.45, 2.75) is 11.8 Å². The molecule has 0 amide bonds. The van der Waals surface area contributed by atoms with Gasteiger partial charge in [0.1, 0.15) is 5.82 Å². The summed E-state index contributed by atoms with van der Waals surface area (Å²) < 4.78 is 31.0. The van der Waals surface area contributed by atoms with Crippen molar-refractivity contribution in [3.05, 3.63) is 104 Å². The van der Waals surface area contributed by atoms with Crippen LogP contribution >= 0.6 is 31.9 Å². The fourth-order valence-electron chi connectivity index (χ4n) is 3.69. The molecule has 0 saturated carbocycles. The summed E-state index contributed by atoms with van der Waals surface area (Å²) in [6.45, 7) is 1.74. The van der Waals surface area contributed by atoms with Gasteiger partial charge in [-0.15, -0.1) is 0 Å². The standard InChI is InChI=1S/C25H17Br2N5O3S/c1-15-11-12-28-25(29-15)31-36(34,35)19-9-7-18(8-10-19)32-23(16-5-3-2-4-6-16)30-22-20(24(32)33)13-17(26)14-21(22)27/h2-14H,1H3,(H,28,29,31). The smallest absolute Gasteiger partial charge is 0.266 e. The predicted molar refractivity (Wildman–Crippen MR) is 146 cm³/mol. The lowest BCUT2D eigenvalue weighted by Crippen LogP contribution is -2.22. The maximum atomic E-state index is 13.7. The molecule has 0 saturated heterocycles. The number of sulfonamides is 1. The number of nitrogens with one attached hydrogen (secondary N) is 1. The summed E-state index contributed by atoms with van der Waals surface area (Å²) in [5, 5.41) is 0.408. The van der Waals surface area contributed by atoms with Crippen molar-refractivity contribution >= 4 is 58.7 Å². The van der Waals surface area contributed by atoms with Crippen molar-refractivity contribution in [2.75, 3.05) is 4.72 Å². The maximum Gasteiger partial charge on any atom is 0.266 e. The van der Waals surface area contributed by atoms with Crippen LogP contribution in [-0.4, -0.2) is 27.9 Å². The Bertz CT molecular complexity index is 1770. The second kappa shape index (κ2) is 9.57. The normalized spacial score (nSPS) is 11.5. The zero-order chi connectivity index (χ0) is 25.4. The molecule has 2 heterocycles. The molecule has 8 nitrogen and oxygen atoms in total. The van der Waals surface area contributed by atoms with Crippen LogP contribution in [0.2, 0.25) is 0 Å². The Balaban J connectivity index is 1.65. The summed E-state index contributed by atoms with van der Waals surface area (Å²) in [4.78, 5) is 26.6. The quantitative estimate of drug-likeness (QED) is 0.277. The molecule has 0 fully saturated rings. The lowest BCUT2D eigenvalue weighted by atomic mass is 10.1. The van der Waals surface area contributed by atoms with E-state index >= 15 is 0 Å². The minimum atomic E-state index is -3.94. The first-order chi connectivity index (χ1) is 17.2. The molecule has 1 N–H and O–H groups in total. The first-order valence-corrected chi connectivity index (χ1v) is 13.7. The van der Waals surface area contributed by atoms with E-state index in [1.807, 2.05) is 36.4 Å². The van der Waals surface area contributed by atoms with E-state index in [0.29, 0.717) is 32.6 Å². The number of fused-ring (bicyclic) bond motifs is 1. The van der Waals surface area contributed by atoms with Crippen LogP contribution in [-0.2, 0) is 10.0 Å². The number of rotatable bonds is 5. The lowest BCUT2D eigenvalue weighted by Gasteiger charge is -2.15. The van der Waals surface area contributed by atoms with E-state index in [1.165, 1.54) is 22.9 Å². The zero-order valence-electron chi connectivity index (χ0n) is 18.7. The second-order valence-electron chi connectivity index (χ2n) is 7.85. The Morgan fingerprint density at radius 3 is 2.33 bits per heavy atom. The van der Waals surface area contributed by atoms with Gasteiger partial charge in [0.15, 0.2) is 0 Å². The number of aryl methyl sites for hydroxylation is 1. The molecule has 0 radical (unpaired) electrons. The topological polar surface area (TPSA) is 107 Å².